The van der Waals surface area contributed by atoms with Crippen molar-refractivity contribution >= 4 is 24.2 Å². The minimum Gasteiger partial charge on any atom is -0.389 e. The van der Waals surface area contributed by atoms with Crippen LogP contribution in [0.25, 0.3) is 0 Å². The third kappa shape index (κ3) is 5.48. The van der Waals surface area contributed by atoms with Crippen LogP contribution in [0.15, 0.2) is 30.3 Å². The number of rotatable bonds is 6. The van der Waals surface area contributed by atoms with Crippen molar-refractivity contribution in [1.29, 1.82) is 0 Å². The molecule has 162 valence electrons. The minimum atomic E-state index is -0.772. The number of hydrogen-bond acceptors (Lipinski definition) is 5. The first-order valence-electron chi connectivity index (χ1n) is 10.2. The standard InChI is InChI=1S/C21H31N3O4.ClH/c1-2-28-15-19(26)24-12-8-16(9-13-24)20(27)23-21(10-11-22-14-18(21)25)17-6-4-3-5-7-17;/h3-7,16,18,22,25H,2,8-15H2,1H3,(H,23,27);1H/t18-,21-;/m1./s1. The van der Waals surface area contributed by atoms with Crippen molar-refractivity contribution in [3.63, 3.8) is 0 Å². The fourth-order valence-corrected chi connectivity index (χ4v) is 4.15. The van der Waals surface area contributed by atoms with E-state index in [0.29, 0.717) is 45.5 Å². The van der Waals surface area contributed by atoms with Crippen LogP contribution in [0.4, 0.5) is 0 Å². The second-order valence-corrected chi connectivity index (χ2v) is 7.59. The number of carbonyl (C=O) groups is 2. The lowest BCUT2D eigenvalue weighted by Gasteiger charge is -2.44. The second kappa shape index (κ2) is 10.9. The van der Waals surface area contributed by atoms with Crippen LogP contribution in [0, 0.1) is 5.92 Å². The molecular weight excluding hydrogens is 394 g/mol. The Morgan fingerprint density at radius 3 is 2.59 bits per heavy atom. The van der Waals surface area contributed by atoms with Gasteiger partial charge in [-0.25, -0.2) is 0 Å². The number of ether oxygens (including phenoxy) is 1. The topological polar surface area (TPSA) is 90.9 Å². The largest absolute Gasteiger partial charge is 0.389 e. The molecule has 2 atom stereocenters. The zero-order chi connectivity index (χ0) is 20.0. The average molecular weight is 426 g/mol. The summed E-state index contributed by atoms with van der Waals surface area (Å²) in [5.74, 6) is -0.212. The Morgan fingerprint density at radius 1 is 1.28 bits per heavy atom. The Morgan fingerprint density at radius 2 is 1.97 bits per heavy atom. The van der Waals surface area contributed by atoms with Gasteiger partial charge < -0.3 is 25.4 Å². The van der Waals surface area contributed by atoms with Crippen LogP contribution in [-0.4, -0.2) is 67.3 Å². The van der Waals surface area contributed by atoms with Crippen molar-refractivity contribution in [2.75, 3.05) is 39.4 Å². The lowest BCUT2D eigenvalue weighted by atomic mass is 9.78. The highest BCUT2D eigenvalue weighted by Gasteiger charge is 2.44. The van der Waals surface area contributed by atoms with Gasteiger partial charge in [0, 0.05) is 32.2 Å². The summed E-state index contributed by atoms with van der Waals surface area (Å²) in [6, 6.07) is 9.72. The van der Waals surface area contributed by atoms with E-state index in [0.717, 1.165) is 12.1 Å². The Hall–Kier alpha value is -1.67. The van der Waals surface area contributed by atoms with Crippen molar-refractivity contribution < 1.29 is 19.4 Å². The SMILES string of the molecule is CCOCC(=O)N1CCC(C(=O)N[C@@]2(c3ccccc3)CCNC[C@H]2O)CC1.Cl. The maximum atomic E-state index is 13.1. The first kappa shape index (κ1) is 23.6. The molecule has 0 aromatic heterocycles. The summed E-state index contributed by atoms with van der Waals surface area (Å²) in [7, 11) is 0. The van der Waals surface area contributed by atoms with Gasteiger partial charge in [-0.15, -0.1) is 12.4 Å². The molecule has 3 N–H and O–H groups in total. The van der Waals surface area contributed by atoms with Gasteiger partial charge in [0.15, 0.2) is 0 Å². The van der Waals surface area contributed by atoms with E-state index in [9.17, 15) is 14.7 Å². The molecule has 8 heteroatoms. The zero-order valence-electron chi connectivity index (χ0n) is 16.9. The number of benzene rings is 1. The van der Waals surface area contributed by atoms with Crippen molar-refractivity contribution in [2.24, 2.45) is 5.92 Å². The van der Waals surface area contributed by atoms with Gasteiger partial charge in [-0.3, -0.25) is 9.59 Å². The van der Waals surface area contributed by atoms with Crippen molar-refractivity contribution in [3.05, 3.63) is 35.9 Å². The van der Waals surface area contributed by atoms with Crippen LogP contribution in [0.2, 0.25) is 0 Å². The number of β-amino-alcohol motifs (C(OH)–C–C–N with tert-alkyl or cyclic N) is 1. The number of aliphatic hydroxyl groups excluding tert-OH is 1. The summed E-state index contributed by atoms with van der Waals surface area (Å²) in [4.78, 5) is 26.9. The van der Waals surface area contributed by atoms with Gasteiger partial charge >= 0.3 is 0 Å². The molecule has 1 aromatic rings. The predicted molar refractivity (Wildman–Crippen MR) is 113 cm³/mol. The summed E-state index contributed by atoms with van der Waals surface area (Å²) in [6.45, 7) is 4.78. The smallest absolute Gasteiger partial charge is 0.248 e. The van der Waals surface area contributed by atoms with E-state index in [1.807, 2.05) is 37.3 Å². The van der Waals surface area contributed by atoms with Crippen molar-refractivity contribution in [1.82, 2.24) is 15.5 Å². The first-order chi connectivity index (χ1) is 13.6. The van der Waals surface area contributed by atoms with E-state index < -0.39 is 11.6 Å². The molecule has 3 rings (SSSR count). The highest BCUT2D eigenvalue weighted by Crippen LogP contribution is 2.32. The van der Waals surface area contributed by atoms with Crippen molar-refractivity contribution in [2.45, 2.75) is 37.8 Å². The molecule has 0 bridgehead atoms. The predicted octanol–water partition coefficient (Wildman–Crippen LogP) is 1.05. The van der Waals surface area contributed by atoms with Gasteiger partial charge in [0.05, 0.1) is 11.6 Å². The minimum absolute atomic E-state index is 0. The maximum absolute atomic E-state index is 13.1. The van der Waals surface area contributed by atoms with E-state index in [4.69, 9.17) is 4.74 Å². The first-order valence-corrected chi connectivity index (χ1v) is 10.2. The highest BCUT2D eigenvalue weighted by atomic mass is 35.5. The quantitative estimate of drug-likeness (QED) is 0.633. The van der Waals surface area contributed by atoms with E-state index in [2.05, 4.69) is 10.6 Å². The Labute approximate surface area is 178 Å². The lowest BCUT2D eigenvalue weighted by Crippen LogP contribution is -2.62. The molecule has 2 fully saturated rings. The molecule has 29 heavy (non-hydrogen) atoms. The van der Waals surface area contributed by atoms with Gasteiger partial charge in [0.2, 0.25) is 11.8 Å². The van der Waals surface area contributed by atoms with Crippen LogP contribution in [0.3, 0.4) is 0 Å². The summed E-state index contributed by atoms with van der Waals surface area (Å²) in [5.41, 5.74) is 0.160. The fourth-order valence-electron chi connectivity index (χ4n) is 4.15. The molecule has 0 unspecified atom stereocenters. The lowest BCUT2D eigenvalue weighted by molar-refractivity contribution is -0.140. The number of halogens is 1. The Balaban J connectivity index is 0.00000300. The average Bonchev–Trinajstić information content (AvgIpc) is 2.74. The van der Waals surface area contributed by atoms with E-state index in [1.165, 1.54) is 0 Å². The molecule has 2 aliphatic heterocycles. The van der Waals surface area contributed by atoms with Gasteiger partial charge in [0.1, 0.15) is 6.61 Å². The van der Waals surface area contributed by atoms with Gasteiger partial charge in [-0.05, 0) is 38.3 Å². The number of amides is 2. The maximum Gasteiger partial charge on any atom is 0.248 e. The summed E-state index contributed by atoms with van der Waals surface area (Å²) in [5, 5.41) is 17.2. The molecule has 2 amide bonds. The van der Waals surface area contributed by atoms with Gasteiger partial charge in [0.25, 0.3) is 0 Å². The normalized spacial score (nSPS) is 25.2. The number of nitrogens with zero attached hydrogens (tertiary/aromatic N) is 1. The van der Waals surface area contributed by atoms with Gasteiger partial charge in [-0.1, -0.05) is 30.3 Å². The number of aliphatic hydroxyl groups is 1. The Kier molecular flexibility index (Phi) is 8.89. The van der Waals surface area contributed by atoms with Gasteiger partial charge in [-0.2, -0.15) is 0 Å². The van der Waals surface area contributed by atoms with E-state index in [1.54, 1.807) is 4.90 Å². The number of nitrogens with one attached hydrogen (secondary N) is 2. The van der Waals surface area contributed by atoms with Crippen LogP contribution in [-0.2, 0) is 19.9 Å². The monoisotopic (exact) mass is 425 g/mol. The molecule has 0 saturated carbocycles. The summed E-state index contributed by atoms with van der Waals surface area (Å²) >= 11 is 0. The molecule has 1 aromatic carbocycles. The highest BCUT2D eigenvalue weighted by molar-refractivity contribution is 5.85. The van der Waals surface area contributed by atoms with E-state index in [-0.39, 0.29) is 36.7 Å². The van der Waals surface area contributed by atoms with Crippen LogP contribution in [0.1, 0.15) is 31.7 Å². The zero-order valence-corrected chi connectivity index (χ0v) is 17.7. The van der Waals surface area contributed by atoms with Crippen LogP contribution >= 0.6 is 12.4 Å². The van der Waals surface area contributed by atoms with E-state index >= 15 is 0 Å². The fraction of sp³-hybridized carbons (Fsp3) is 0.619. The molecule has 2 heterocycles. The second-order valence-electron chi connectivity index (χ2n) is 7.59. The Bertz CT molecular complexity index is 667. The van der Waals surface area contributed by atoms with Crippen LogP contribution in [0.5, 0.6) is 0 Å². The molecule has 0 aliphatic carbocycles. The molecule has 7 nitrogen and oxygen atoms in total. The molecule has 0 radical (unpaired) electrons. The summed E-state index contributed by atoms with van der Waals surface area (Å²) in [6.07, 6.45) is 1.20. The number of likely N-dealkylation sites (tertiary alicyclic amines) is 1. The molecule has 2 aliphatic rings. The number of carbonyl (C=O) groups excluding carboxylic acids is 2. The molecule has 2 saturated heterocycles. The third-order valence-corrected chi connectivity index (χ3v) is 5.89. The van der Waals surface area contributed by atoms with Crippen LogP contribution < -0.4 is 10.6 Å². The number of piperidine rings is 2. The summed E-state index contributed by atoms with van der Waals surface area (Å²) < 4.78 is 5.19. The molecule has 0 spiro atoms. The third-order valence-electron chi connectivity index (χ3n) is 5.89. The van der Waals surface area contributed by atoms with Crippen molar-refractivity contribution in [3.8, 4) is 0 Å². The number of hydrogen-bond donors (Lipinski definition) is 3. The molecular formula is C21H32ClN3O4.